The highest BCUT2D eigenvalue weighted by Crippen LogP contribution is 2.12. The molecule has 0 atom stereocenters. The van der Waals surface area contributed by atoms with Gasteiger partial charge in [0.1, 0.15) is 5.82 Å². The van der Waals surface area contributed by atoms with E-state index in [1.165, 1.54) is 0 Å². The van der Waals surface area contributed by atoms with Crippen LogP contribution in [0.1, 0.15) is 21.6 Å². The molecule has 2 aromatic rings. The van der Waals surface area contributed by atoms with Crippen molar-refractivity contribution in [2.75, 3.05) is 5.32 Å². The Labute approximate surface area is 99.5 Å². The Morgan fingerprint density at radius 1 is 1.41 bits per heavy atom. The van der Waals surface area contributed by atoms with Crippen LogP contribution in [0.2, 0.25) is 0 Å². The lowest BCUT2D eigenvalue weighted by Crippen LogP contribution is -2.14. The second-order valence-corrected chi connectivity index (χ2v) is 3.92. The van der Waals surface area contributed by atoms with E-state index in [9.17, 15) is 4.79 Å². The third-order valence-electron chi connectivity index (χ3n) is 2.50. The van der Waals surface area contributed by atoms with Crippen molar-refractivity contribution in [3.63, 3.8) is 0 Å². The topological polar surface area (TPSA) is 59.8 Å². The van der Waals surface area contributed by atoms with E-state index >= 15 is 0 Å². The fourth-order valence-corrected chi connectivity index (χ4v) is 1.61. The van der Waals surface area contributed by atoms with Gasteiger partial charge in [-0.05, 0) is 25.5 Å². The van der Waals surface area contributed by atoms with Gasteiger partial charge in [0.05, 0.1) is 11.3 Å². The van der Waals surface area contributed by atoms with Gasteiger partial charge in [-0.2, -0.15) is 5.10 Å². The lowest BCUT2D eigenvalue weighted by Gasteiger charge is -2.05. The second-order valence-electron chi connectivity index (χ2n) is 3.92. The van der Waals surface area contributed by atoms with E-state index in [4.69, 9.17) is 0 Å². The summed E-state index contributed by atoms with van der Waals surface area (Å²) >= 11 is 0. The molecule has 2 aromatic heterocycles. The molecule has 0 saturated carbocycles. The predicted octanol–water partition coefficient (Wildman–Crippen LogP) is 1.68. The molecule has 0 radical (unpaired) electrons. The van der Waals surface area contributed by atoms with Crippen molar-refractivity contribution < 1.29 is 4.79 Å². The fraction of sp³-hybridized carbons (Fsp3) is 0.250. The number of rotatable bonds is 2. The highest BCUT2D eigenvalue weighted by Gasteiger charge is 2.13. The largest absolute Gasteiger partial charge is 0.306 e. The summed E-state index contributed by atoms with van der Waals surface area (Å²) in [6.45, 7) is 3.71. The van der Waals surface area contributed by atoms with Gasteiger partial charge in [0.2, 0.25) is 0 Å². The van der Waals surface area contributed by atoms with Crippen molar-refractivity contribution >= 4 is 11.7 Å². The van der Waals surface area contributed by atoms with Crippen LogP contribution in [0, 0.1) is 13.8 Å². The molecule has 2 rings (SSSR count). The van der Waals surface area contributed by atoms with E-state index in [0.717, 1.165) is 5.56 Å². The number of aryl methyl sites for hydroxylation is 3. The zero-order chi connectivity index (χ0) is 12.4. The van der Waals surface area contributed by atoms with Gasteiger partial charge in [-0.15, -0.1) is 0 Å². The molecule has 88 valence electrons. The van der Waals surface area contributed by atoms with Gasteiger partial charge in [-0.1, -0.05) is 6.07 Å². The van der Waals surface area contributed by atoms with Crippen LogP contribution in [0.4, 0.5) is 5.82 Å². The summed E-state index contributed by atoms with van der Waals surface area (Å²) in [5.41, 5.74) is 2.21. The summed E-state index contributed by atoms with van der Waals surface area (Å²) in [7, 11) is 1.79. The minimum atomic E-state index is -0.183. The number of nitrogens with zero attached hydrogens (tertiary/aromatic N) is 3. The number of hydrogen-bond donors (Lipinski definition) is 1. The van der Waals surface area contributed by atoms with E-state index in [1.54, 1.807) is 31.0 Å². The van der Waals surface area contributed by atoms with Crippen molar-refractivity contribution in [1.82, 2.24) is 14.8 Å². The molecule has 1 amide bonds. The molecule has 0 aromatic carbocycles. The number of carbonyl (C=O) groups is 1. The Balaban J connectivity index is 2.23. The van der Waals surface area contributed by atoms with Crippen LogP contribution in [0.3, 0.4) is 0 Å². The lowest BCUT2D eigenvalue weighted by molar-refractivity contribution is 0.102. The van der Waals surface area contributed by atoms with Crippen molar-refractivity contribution in [2.45, 2.75) is 13.8 Å². The molecule has 0 aliphatic carbocycles. The molecule has 5 heteroatoms. The smallest absolute Gasteiger partial charge is 0.260 e. The summed E-state index contributed by atoms with van der Waals surface area (Å²) in [5, 5.41) is 6.91. The van der Waals surface area contributed by atoms with Crippen molar-refractivity contribution in [1.29, 1.82) is 0 Å². The van der Waals surface area contributed by atoms with Crippen molar-refractivity contribution in [3.05, 3.63) is 41.3 Å². The quantitative estimate of drug-likeness (QED) is 0.854. The molecule has 0 aliphatic rings. The molecule has 0 aliphatic heterocycles. The normalized spacial score (nSPS) is 10.3. The molecule has 5 nitrogen and oxygen atoms in total. The predicted molar refractivity (Wildman–Crippen MR) is 64.9 cm³/mol. The Hall–Kier alpha value is -2.17. The Bertz CT molecular complexity index is 559. The van der Waals surface area contributed by atoms with E-state index in [2.05, 4.69) is 15.4 Å². The van der Waals surface area contributed by atoms with Crippen LogP contribution in [-0.2, 0) is 7.05 Å². The molecule has 0 unspecified atom stereocenters. The summed E-state index contributed by atoms with van der Waals surface area (Å²) in [5.74, 6) is 0.401. The molecular weight excluding hydrogens is 216 g/mol. The molecule has 2 heterocycles. The van der Waals surface area contributed by atoms with Gasteiger partial charge >= 0.3 is 0 Å². The third kappa shape index (κ3) is 2.33. The first-order chi connectivity index (χ1) is 8.08. The molecule has 1 N–H and O–H groups in total. The van der Waals surface area contributed by atoms with E-state index in [1.807, 2.05) is 19.1 Å². The van der Waals surface area contributed by atoms with Crippen LogP contribution >= 0.6 is 0 Å². The van der Waals surface area contributed by atoms with Gasteiger partial charge in [-0.25, -0.2) is 4.98 Å². The number of carbonyl (C=O) groups excluding carboxylic acids is 1. The molecule has 0 saturated heterocycles. The summed E-state index contributed by atoms with van der Waals surface area (Å²) in [6.07, 6.45) is 3.35. The highest BCUT2D eigenvalue weighted by molar-refractivity contribution is 6.04. The van der Waals surface area contributed by atoms with E-state index in [0.29, 0.717) is 17.1 Å². The maximum atomic E-state index is 12.0. The minimum Gasteiger partial charge on any atom is -0.306 e. The molecular formula is C12H14N4O. The monoisotopic (exact) mass is 230 g/mol. The van der Waals surface area contributed by atoms with E-state index < -0.39 is 0 Å². The second kappa shape index (κ2) is 4.37. The zero-order valence-corrected chi connectivity index (χ0v) is 10.1. The molecule has 0 fully saturated rings. The van der Waals surface area contributed by atoms with Gasteiger partial charge in [0.25, 0.3) is 5.91 Å². The number of aromatic nitrogens is 3. The number of amides is 1. The van der Waals surface area contributed by atoms with Gasteiger partial charge in [0, 0.05) is 19.4 Å². The Kier molecular flexibility index (Phi) is 2.91. The number of anilines is 1. The summed E-state index contributed by atoms with van der Waals surface area (Å²) < 4.78 is 1.62. The van der Waals surface area contributed by atoms with Crippen LogP contribution in [-0.4, -0.2) is 20.7 Å². The van der Waals surface area contributed by atoms with Crippen LogP contribution in [0.15, 0.2) is 24.5 Å². The van der Waals surface area contributed by atoms with Crippen molar-refractivity contribution in [3.8, 4) is 0 Å². The number of nitrogens with one attached hydrogen (secondary N) is 1. The summed E-state index contributed by atoms with van der Waals surface area (Å²) in [6, 6.07) is 3.74. The molecule has 0 spiro atoms. The van der Waals surface area contributed by atoms with Gasteiger partial charge in [-0.3, -0.25) is 9.48 Å². The van der Waals surface area contributed by atoms with Crippen molar-refractivity contribution in [2.24, 2.45) is 7.05 Å². The number of hydrogen-bond acceptors (Lipinski definition) is 3. The highest BCUT2D eigenvalue weighted by atomic mass is 16.1. The van der Waals surface area contributed by atoms with Gasteiger partial charge < -0.3 is 5.32 Å². The summed E-state index contributed by atoms with van der Waals surface area (Å²) in [4.78, 5) is 16.1. The molecule has 17 heavy (non-hydrogen) atoms. The molecule has 0 bridgehead atoms. The van der Waals surface area contributed by atoms with Crippen LogP contribution in [0.25, 0.3) is 0 Å². The zero-order valence-electron chi connectivity index (χ0n) is 10.1. The first kappa shape index (κ1) is 11.3. The van der Waals surface area contributed by atoms with Crippen LogP contribution < -0.4 is 5.32 Å². The van der Waals surface area contributed by atoms with E-state index in [-0.39, 0.29) is 5.91 Å². The lowest BCUT2D eigenvalue weighted by atomic mass is 10.2. The fourth-order valence-electron chi connectivity index (χ4n) is 1.61. The maximum Gasteiger partial charge on any atom is 0.260 e. The standard InChI is InChI=1S/C12H14N4O/c1-8-5-4-6-13-11(8)14-12(17)10-7-16(3)15-9(10)2/h4-7H,1-3H3,(H,13,14,17). The van der Waals surface area contributed by atoms with Crippen LogP contribution in [0.5, 0.6) is 0 Å². The first-order valence-electron chi connectivity index (χ1n) is 5.31. The SMILES string of the molecule is Cc1cccnc1NC(=O)c1cn(C)nc1C. The van der Waals surface area contributed by atoms with Gasteiger partial charge in [0.15, 0.2) is 0 Å². The number of pyridine rings is 1. The average Bonchev–Trinajstić information content (AvgIpc) is 2.61. The maximum absolute atomic E-state index is 12.0. The third-order valence-corrected chi connectivity index (χ3v) is 2.50. The average molecular weight is 230 g/mol. The Morgan fingerprint density at radius 3 is 2.76 bits per heavy atom. The first-order valence-corrected chi connectivity index (χ1v) is 5.31. The minimum absolute atomic E-state index is 0.183. The Morgan fingerprint density at radius 2 is 2.18 bits per heavy atom.